The molecule has 40 heavy (non-hydrogen) atoms. The van der Waals surface area contributed by atoms with E-state index in [0.717, 1.165) is 27.6 Å². The summed E-state index contributed by atoms with van der Waals surface area (Å²) in [6, 6.07) is 19.7. The highest BCUT2D eigenvalue weighted by Crippen LogP contribution is 2.36. The molecule has 0 saturated carbocycles. The van der Waals surface area contributed by atoms with Gasteiger partial charge in [-0.15, -0.1) is 5.10 Å². The van der Waals surface area contributed by atoms with Crippen molar-refractivity contribution in [2.75, 3.05) is 0 Å². The van der Waals surface area contributed by atoms with Crippen LogP contribution in [0, 0.1) is 11.3 Å². The van der Waals surface area contributed by atoms with Crippen LogP contribution >= 0.6 is 0 Å². The molecule has 6 rings (SSSR count). The highest BCUT2D eigenvalue weighted by atomic mass is 16.5. The van der Waals surface area contributed by atoms with E-state index in [1.165, 1.54) is 0 Å². The summed E-state index contributed by atoms with van der Waals surface area (Å²) in [7, 11) is 0. The summed E-state index contributed by atoms with van der Waals surface area (Å²) in [6.07, 6.45) is 11.3. The van der Waals surface area contributed by atoms with E-state index in [1.54, 1.807) is 23.1 Å². The fourth-order valence-corrected chi connectivity index (χ4v) is 4.57. The fraction of sp³-hybridized carbons (Fsp3) is 0.133. The standard InChI is InChI=1S/C30H24N8O2/c1-20(2)39-28-21(16-31)8-7-12-27(28)30-33-29(34-40-30)26-14-13-22(24-10-3-4-11-25(24)26)17-37-15-6-5-9-23(18-37)38-19-32-35-36-38/h3-15,18-20H,17H2,1-2H3. The Hall–Kier alpha value is -5.56. The highest BCUT2D eigenvalue weighted by molar-refractivity contribution is 5.97. The zero-order chi connectivity index (χ0) is 27.5. The summed E-state index contributed by atoms with van der Waals surface area (Å²) < 4.78 is 13.3. The number of allylic oxidation sites excluding steroid dienone is 4. The Labute approximate surface area is 230 Å². The highest BCUT2D eigenvalue weighted by Gasteiger charge is 2.20. The van der Waals surface area contributed by atoms with Crippen molar-refractivity contribution in [3.05, 3.63) is 103 Å². The van der Waals surface area contributed by atoms with Gasteiger partial charge in [-0.1, -0.05) is 53.7 Å². The molecular formula is C30H24N8O2. The van der Waals surface area contributed by atoms with E-state index in [2.05, 4.69) is 49.9 Å². The van der Waals surface area contributed by atoms with Crippen molar-refractivity contribution in [3.63, 3.8) is 0 Å². The number of hydrogen-bond acceptors (Lipinski definition) is 9. The minimum Gasteiger partial charge on any atom is -0.489 e. The van der Waals surface area contributed by atoms with Gasteiger partial charge in [0.15, 0.2) is 0 Å². The van der Waals surface area contributed by atoms with Crippen molar-refractivity contribution < 1.29 is 9.26 Å². The van der Waals surface area contributed by atoms with E-state index in [1.807, 2.05) is 68.7 Å². The van der Waals surface area contributed by atoms with Crippen LogP contribution in [0.2, 0.25) is 0 Å². The number of benzene rings is 3. The number of tetrazole rings is 1. The van der Waals surface area contributed by atoms with Gasteiger partial charge in [-0.3, -0.25) is 0 Å². The maximum absolute atomic E-state index is 9.60. The fourth-order valence-electron chi connectivity index (χ4n) is 4.57. The van der Waals surface area contributed by atoms with E-state index < -0.39 is 0 Å². The van der Waals surface area contributed by atoms with Gasteiger partial charge in [0.25, 0.3) is 5.89 Å². The quantitative estimate of drug-likeness (QED) is 0.266. The first kappa shape index (κ1) is 24.8. The third-order valence-corrected chi connectivity index (χ3v) is 6.32. The minimum atomic E-state index is -0.124. The van der Waals surface area contributed by atoms with Gasteiger partial charge in [0.1, 0.15) is 18.1 Å². The van der Waals surface area contributed by atoms with E-state index in [-0.39, 0.29) is 6.10 Å². The van der Waals surface area contributed by atoms with Crippen molar-refractivity contribution >= 4 is 16.5 Å². The molecule has 0 bridgehead atoms. The molecule has 0 unspecified atom stereocenters. The van der Waals surface area contributed by atoms with Gasteiger partial charge in [-0.2, -0.15) is 14.9 Å². The normalized spacial score (nSPS) is 12.9. The maximum Gasteiger partial charge on any atom is 0.262 e. The predicted molar refractivity (Wildman–Crippen MR) is 149 cm³/mol. The van der Waals surface area contributed by atoms with Crippen LogP contribution in [0.1, 0.15) is 25.0 Å². The second-order valence-electron chi connectivity index (χ2n) is 9.38. The second kappa shape index (κ2) is 10.7. The van der Waals surface area contributed by atoms with Crippen LogP contribution in [0.4, 0.5) is 0 Å². The van der Waals surface area contributed by atoms with Crippen LogP contribution in [-0.2, 0) is 6.54 Å². The number of nitriles is 1. The first-order valence-electron chi connectivity index (χ1n) is 12.7. The molecule has 0 saturated heterocycles. The predicted octanol–water partition coefficient (Wildman–Crippen LogP) is 5.59. The van der Waals surface area contributed by atoms with Gasteiger partial charge in [0.05, 0.1) is 22.9 Å². The molecule has 3 aromatic carbocycles. The molecule has 0 amide bonds. The lowest BCUT2D eigenvalue weighted by Gasteiger charge is -2.18. The van der Waals surface area contributed by atoms with Gasteiger partial charge in [0, 0.05) is 24.5 Å². The average molecular weight is 529 g/mol. The molecule has 1 aliphatic heterocycles. The average Bonchev–Trinajstić information content (AvgIpc) is 3.63. The zero-order valence-corrected chi connectivity index (χ0v) is 21.8. The molecule has 10 heteroatoms. The van der Waals surface area contributed by atoms with Gasteiger partial charge in [0.2, 0.25) is 5.82 Å². The second-order valence-corrected chi connectivity index (χ2v) is 9.38. The van der Waals surface area contributed by atoms with Crippen LogP contribution in [-0.4, -0.2) is 41.4 Å². The number of aromatic nitrogens is 6. The lowest BCUT2D eigenvalue weighted by molar-refractivity contribution is 0.242. The van der Waals surface area contributed by atoms with E-state index in [0.29, 0.717) is 35.1 Å². The van der Waals surface area contributed by atoms with Crippen LogP contribution in [0.3, 0.4) is 0 Å². The summed E-state index contributed by atoms with van der Waals surface area (Å²) in [5, 5.41) is 27.5. The molecule has 0 N–H and O–H groups in total. The monoisotopic (exact) mass is 528 g/mol. The lowest BCUT2D eigenvalue weighted by Crippen LogP contribution is -2.11. The molecule has 0 fully saturated rings. The summed E-state index contributed by atoms with van der Waals surface area (Å²) >= 11 is 0. The largest absolute Gasteiger partial charge is 0.489 e. The first-order valence-corrected chi connectivity index (χ1v) is 12.7. The van der Waals surface area contributed by atoms with E-state index in [9.17, 15) is 5.26 Å². The number of ether oxygens (including phenoxy) is 1. The lowest BCUT2D eigenvalue weighted by atomic mass is 9.99. The van der Waals surface area contributed by atoms with Crippen LogP contribution < -0.4 is 4.74 Å². The van der Waals surface area contributed by atoms with E-state index >= 15 is 0 Å². The van der Waals surface area contributed by atoms with Crippen molar-refractivity contribution in [2.24, 2.45) is 0 Å². The summed E-state index contributed by atoms with van der Waals surface area (Å²) in [5.41, 5.74) is 3.80. The van der Waals surface area contributed by atoms with Gasteiger partial charge in [-0.05, 0) is 64.9 Å². The van der Waals surface area contributed by atoms with Gasteiger partial charge >= 0.3 is 0 Å². The molecule has 10 nitrogen and oxygen atoms in total. The Morgan fingerprint density at radius 3 is 2.67 bits per heavy atom. The van der Waals surface area contributed by atoms with Crippen LogP contribution in [0.15, 0.2) is 96.1 Å². The van der Waals surface area contributed by atoms with Crippen molar-refractivity contribution in [3.8, 4) is 34.7 Å². The first-order chi connectivity index (χ1) is 19.6. The number of hydrogen-bond donors (Lipinski definition) is 0. The summed E-state index contributed by atoms with van der Waals surface area (Å²) in [4.78, 5) is 6.80. The minimum absolute atomic E-state index is 0.124. The molecule has 0 radical (unpaired) electrons. The number of rotatable bonds is 7. The smallest absolute Gasteiger partial charge is 0.262 e. The summed E-state index contributed by atoms with van der Waals surface area (Å²) in [6.45, 7) is 4.44. The van der Waals surface area contributed by atoms with Crippen molar-refractivity contribution in [2.45, 2.75) is 26.5 Å². The number of para-hydroxylation sites is 1. The molecule has 196 valence electrons. The molecule has 3 heterocycles. The zero-order valence-electron chi connectivity index (χ0n) is 21.8. The van der Waals surface area contributed by atoms with Crippen LogP contribution in [0.5, 0.6) is 5.75 Å². The third kappa shape index (κ3) is 4.83. The number of fused-ring (bicyclic) bond motifs is 1. The topological polar surface area (TPSA) is 119 Å². The Kier molecular flexibility index (Phi) is 6.60. The van der Waals surface area contributed by atoms with Crippen molar-refractivity contribution in [1.82, 2.24) is 35.2 Å². The van der Waals surface area contributed by atoms with Gasteiger partial charge < -0.3 is 14.2 Å². The Morgan fingerprint density at radius 2 is 1.88 bits per heavy atom. The molecule has 0 aliphatic carbocycles. The molecule has 5 aromatic rings. The maximum atomic E-state index is 9.60. The van der Waals surface area contributed by atoms with E-state index in [4.69, 9.17) is 14.2 Å². The molecule has 2 aromatic heterocycles. The number of nitrogens with zero attached hydrogens (tertiary/aromatic N) is 8. The van der Waals surface area contributed by atoms with Crippen LogP contribution in [0.25, 0.3) is 39.3 Å². The SMILES string of the molecule is CC(C)Oc1c(C#N)cccc1-c1nc(-c2ccc(CN3C=CC=CC(n4cnnn4)=C3)c3ccccc23)no1. The molecule has 0 spiro atoms. The van der Waals surface area contributed by atoms with Crippen molar-refractivity contribution in [1.29, 1.82) is 5.26 Å². The Balaban J connectivity index is 1.36. The summed E-state index contributed by atoms with van der Waals surface area (Å²) in [5.74, 6) is 1.18. The molecule has 0 atom stereocenters. The molecular weight excluding hydrogens is 504 g/mol. The Morgan fingerprint density at radius 1 is 1.00 bits per heavy atom. The molecule has 1 aliphatic rings. The van der Waals surface area contributed by atoms with Gasteiger partial charge in [-0.25, -0.2) is 0 Å². The Bertz CT molecular complexity index is 1810. The third-order valence-electron chi connectivity index (χ3n) is 6.32.